The minimum atomic E-state index is -0.646. The number of hydrogen-bond acceptors (Lipinski definition) is 3. The smallest absolute Gasteiger partial charge is 0.262 e. The molecule has 130 valence electrons. The number of halogens is 1. The second-order valence-electron chi connectivity index (χ2n) is 5.99. The molecule has 0 saturated carbocycles. The SMILES string of the molecule is COc1ccc(N2C(=O)c3ccccc3N[C@@H]2c2ccccc2F)cc1. The van der Waals surface area contributed by atoms with Crippen LogP contribution < -0.4 is 15.0 Å². The van der Waals surface area contributed by atoms with Gasteiger partial charge in [0, 0.05) is 16.9 Å². The Morgan fingerprint density at radius 2 is 1.65 bits per heavy atom. The van der Waals surface area contributed by atoms with Crippen molar-refractivity contribution in [2.24, 2.45) is 0 Å². The van der Waals surface area contributed by atoms with E-state index in [1.807, 2.05) is 18.2 Å². The van der Waals surface area contributed by atoms with E-state index in [0.29, 0.717) is 28.3 Å². The van der Waals surface area contributed by atoms with E-state index in [0.717, 1.165) is 0 Å². The molecule has 1 heterocycles. The number of fused-ring (bicyclic) bond motifs is 1. The molecule has 3 aromatic rings. The summed E-state index contributed by atoms with van der Waals surface area (Å²) < 4.78 is 19.7. The number of carbonyl (C=O) groups excluding carboxylic acids is 1. The van der Waals surface area contributed by atoms with Gasteiger partial charge in [-0.15, -0.1) is 0 Å². The van der Waals surface area contributed by atoms with Crippen LogP contribution in [0.25, 0.3) is 0 Å². The quantitative estimate of drug-likeness (QED) is 0.752. The van der Waals surface area contributed by atoms with Crippen molar-refractivity contribution in [1.29, 1.82) is 0 Å². The van der Waals surface area contributed by atoms with Crippen LogP contribution in [-0.2, 0) is 0 Å². The van der Waals surface area contributed by atoms with Crippen molar-refractivity contribution in [3.63, 3.8) is 0 Å². The van der Waals surface area contributed by atoms with E-state index in [1.165, 1.54) is 6.07 Å². The van der Waals surface area contributed by atoms with Crippen molar-refractivity contribution >= 4 is 17.3 Å². The lowest BCUT2D eigenvalue weighted by Gasteiger charge is -2.38. The maximum absolute atomic E-state index is 14.5. The van der Waals surface area contributed by atoms with E-state index in [4.69, 9.17) is 4.74 Å². The number of nitrogens with one attached hydrogen (secondary N) is 1. The first-order chi connectivity index (χ1) is 12.7. The number of amides is 1. The van der Waals surface area contributed by atoms with Gasteiger partial charge in [-0.25, -0.2) is 4.39 Å². The zero-order valence-electron chi connectivity index (χ0n) is 14.1. The summed E-state index contributed by atoms with van der Waals surface area (Å²) in [6.07, 6.45) is -0.646. The molecule has 0 aromatic heterocycles. The lowest BCUT2D eigenvalue weighted by Crippen LogP contribution is -2.43. The summed E-state index contributed by atoms with van der Waals surface area (Å²) >= 11 is 0. The van der Waals surface area contributed by atoms with Crippen molar-refractivity contribution in [3.8, 4) is 5.75 Å². The van der Waals surface area contributed by atoms with Crippen molar-refractivity contribution < 1.29 is 13.9 Å². The molecule has 1 amide bonds. The Balaban J connectivity index is 1.86. The van der Waals surface area contributed by atoms with Crippen LogP contribution in [0, 0.1) is 5.82 Å². The van der Waals surface area contributed by atoms with Gasteiger partial charge in [-0.1, -0.05) is 30.3 Å². The highest BCUT2D eigenvalue weighted by Gasteiger charge is 2.35. The highest BCUT2D eigenvalue weighted by atomic mass is 19.1. The topological polar surface area (TPSA) is 41.6 Å². The normalized spacial score (nSPS) is 16.0. The highest BCUT2D eigenvalue weighted by Crippen LogP contribution is 2.37. The van der Waals surface area contributed by atoms with Crippen LogP contribution in [0.3, 0.4) is 0 Å². The van der Waals surface area contributed by atoms with Crippen LogP contribution in [0.1, 0.15) is 22.1 Å². The van der Waals surface area contributed by atoms with E-state index in [-0.39, 0.29) is 11.7 Å². The fourth-order valence-corrected chi connectivity index (χ4v) is 3.18. The summed E-state index contributed by atoms with van der Waals surface area (Å²) in [6, 6.07) is 20.9. The van der Waals surface area contributed by atoms with Gasteiger partial charge < -0.3 is 10.1 Å². The van der Waals surface area contributed by atoms with Gasteiger partial charge in [-0.3, -0.25) is 9.69 Å². The number of rotatable bonds is 3. The number of hydrogen-bond donors (Lipinski definition) is 1. The van der Waals surface area contributed by atoms with Crippen LogP contribution in [-0.4, -0.2) is 13.0 Å². The Labute approximate surface area is 150 Å². The van der Waals surface area contributed by atoms with Crippen molar-refractivity contribution in [1.82, 2.24) is 0 Å². The summed E-state index contributed by atoms with van der Waals surface area (Å²) in [6.45, 7) is 0. The van der Waals surface area contributed by atoms with Crippen LogP contribution in [0.5, 0.6) is 5.75 Å². The lowest BCUT2D eigenvalue weighted by atomic mass is 10.0. The molecule has 0 saturated heterocycles. The van der Waals surface area contributed by atoms with Gasteiger partial charge in [-0.05, 0) is 42.5 Å². The zero-order valence-corrected chi connectivity index (χ0v) is 14.1. The predicted octanol–water partition coefficient (Wildman–Crippen LogP) is 4.61. The molecule has 0 spiro atoms. The first-order valence-electron chi connectivity index (χ1n) is 8.26. The molecule has 1 aliphatic rings. The standard InChI is InChI=1S/C21H17FN2O2/c1-26-15-12-10-14(11-13-15)24-20(16-6-2-4-8-18(16)22)23-19-9-5-3-7-17(19)21(24)25/h2-13,20,23H,1H3/t20-/m0/s1. The molecule has 0 unspecified atom stereocenters. The van der Waals surface area contributed by atoms with Gasteiger partial charge in [0.15, 0.2) is 0 Å². The maximum atomic E-state index is 14.5. The fourth-order valence-electron chi connectivity index (χ4n) is 3.18. The molecule has 0 bridgehead atoms. The van der Waals surface area contributed by atoms with Crippen molar-refractivity contribution in [2.75, 3.05) is 17.3 Å². The van der Waals surface area contributed by atoms with Gasteiger partial charge >= 0.3 is 0 Å². The predicted molar refractivity (Wildman–Crippen MR) is 99.0 cm³/mol. The van der Waals surface area contributed by atoms with Crippen molar-refractivity contribution in [3.05, 3.63) is 89.7 Å². The number of ether oxygens (including phenoxy) is 1. The van der Waals surface area contributed by atoms with Crippen LogP contribution >= 0.6 is 0 Å². The Kier molecular flexibility index (Phi) is 4.05. The molecular weight excluding hydrogens is 331 g/mol. The Morgan fingerprint density at radius 3 is 2.38 bits per heavy atom. The number of para-hydroxylation sites is 1. The number of carbonyl (C=O) groups is 1. The highest BCUT2D eigenvalue weighted by molar-refractivity contribution is 6.12. The van der Waals surface area contributed by atoms with Gasteiger partial charge in [0.25, 0.3) is 5.91 Å². The van der Waals surface area contributed by atoms with E-state index >= 15 is 0 Å². The summed E-state index contributed by atoms with van der Waals surface area (Å²) in [4.78, 5) is 14.8. The second kappa shape index (κ2) is 6.52. The Morgan fingerprint density at radius 1 is 0.962 bits per heavy atom. The van der Waals surface area contributed by atoms with E-state index in [1.54, 1.807) is 60.5 Å². The average Bonchev–Trinajstić information content (AvgIpc) is 2.68. The Hall–Kier alpha value is -3.34. The maximum Gasteiger partial charge on any atom is 0.262 e. The monoisotopic (exact) mass is 348 g/mol. The molecule has 1 atom stereocenters. The van der Waals surface area contributed by atoms with E-state index < -0.39 is 6.17 Å². The number of nitrogens with zero attached hydrogens (tertiary/aromatic N) is 1. The molecule has 0 aliphatic carbocycles. The van der Waals surface area contributed by atoms with Gasteiger partial charge in [0.05, 0.1) is 12.7 Å². The van der Waals surface area contributed by atoms with Crippen LogP contribution in [0.2, 0.25) is 0 Å². The molecule has 5 heteroatoms. The molecule has 3 aromatic carbocycles. The van der Waals surface area contributed by atoms with Crippen molar-refractivity contribution in [2.45, 2.75) is 6.17 Å². The molecule has 4 nitrogen and oxygen atoms in total. The van der Waals surface area contributed by atoms with Crippen LogP contribution in [0.4, 0.5) is 15.8 Å². The van der Waals surface area contributed by atoms with E-state index in [9.17, 15) is 9.18 Å². The molecular formula is C21H17FN2O2. The number of benzene rings is 3. The van der Waals surface area contributed by atoms with Gasteiger partial charge in [0.2, 0.25) is 0 Å². The number of methoxy groups -OCH3 is 1. The third-order valence-corrected chi connectivity index (χ3v) is 4.48. The summed E-state index contributed by atoms with van der Waals surface area (Å²) in [5.41, 5.74) is 2.31. The Bertz CT molecular complexity index is 956. The molecule has 1 aliphatic heterocycles. The second-order valence-corrected chi connectivity index (χ2v) is 5.99. The molecule has 26 heavy (non-hydrogen) atoms. The van der Waals surface area contributed by atoms with Gasteiger partial charge in [0.1, 0.15) is 17.7 Å². The van der Waals surface area contributed by atoms with Crippen LogP contribution in [0.15, 0.2) is 72.8 Å². The van der Waals surface area contributed by atoms with Gasteiger partial charge in [-0.2, -0.15) is 0 Å². The fraction of sp³-hybridized carbons (Fsp3) is 0.0952. The minimum Gasteiger partial charge on any atom is -0.497 e. The third-order valence-electron chi connectivity index (χ3n) is 4.48. The molecule has 0 radical (unpaired) electrons. The van der Waals surface area contributed by atoms with E-state index in [2.05, 4.69) is 5.32 Å². The minimum absolute atomic E-state index is 0.183. The summed E-state index contributed by atoms with van der Waals surface area (Å²) in [5, 5.41) is 3.30. The molecule has 4 rings (SSSR count). The lowest BCUT2D eigenvalue weighted by molar-refractivity contribution is 0.0974. The third kappa shape index (κ3) is 2.67. The largest absolute Gasteiger partial charge is 0.497 e. The summed E-state index contributed by atoms with van der Waals surface area (Å²) in [7, 11) is 1.58. The zero-order chi connectivity index (χ0) is 18.1. The molecule has 1 N–H and O–H groups in total. The first-order valence-corrected chi connectivity index (χ1v) is 8.26. The first kappa shape index (κ1) is 16.1. The molecule has 0 fully saturated rings. The number of anilines is 2. The summed E-state index contributed by atoms with van der Waals surface area (Å²) in [5.74, 6) is 0.141. The average molecular weight is 348 g/mol.